The summed E-state index contributed by atoms with van der Waals surface area (Å²) in [6.07, 6.45) is 22.8. The smallest absolute Gasteiger partial charge is 0.347 e. The highest BCUT2D eigenvalue weighted by molar-refractivity contribution is 5.95. The number of ether oxygens (including phenoxy) is 5. The Kier molecular flexibility index (Phi) is 23.1. The summed E-state index contributed by atoms with van der Waals surface area (Å²) in [5.74, 6) is 1.18. The Morgan fingerprint density at radius 3 is 1.53 bits per heavy atom. The Bertz CT molecular complexity index is 2600. The molecule has 0 aliphatic heterocycles. The number of nitrogens with zero attached hydrogens (tertiary/aromatic N) is 3. The van der Waals surface area contributed by atoms with Crippen LogP contribution in [0.3, 0.4) is 0 Å². The van der Waals surface area contributed by atoms with Crippen LogP contribution in [0.15, 0.2) is 122 Å². The molecule has 0 unspecified atom stereocenters. The molecule has 0 fully saturated rings. The number of unbranched alkanes of at least 4 members (excludes halogenated alkanes) is 15. The molecule has 0 bridgehead atoms. The van der Waals surface area contributed by atoms with Crippen molar-refractivity contribution in [3.63, 3.8) is 0 Å². The van der Waals surface area contributed by atoms with E-state index in [0.29, 0.717) is 60.4 Å². The van der Waals surface area contributed by atoms with Gasteiger partial charge in [-0.1, -0.05) is 140 Å². The third-order valence-corrected chi connectivity index (χ3v) is 12.4. The maximum absolute atomic E-state index is 14.9. The first-order valence-electron chi connectivity index (χ1n) is 26.1. The van der Waals surface area contributed by atoms with Crippen LogP contribution in [0.2, 0.25) is 0 Å². The van der Waals surface area contributed by atoms with E-state index in [0.717, 1.165) is 105 Å². The lowest BCUT2D eigenvalue weighted by Gasteiger charge is -2.13. The third kappa shape index (κ3) is 18.3. The molecule has 0 N–H and O–H groups in total. The molecule has 1 heterocycles. The largest absolute Gasteiger partial charge is 0.494 e. The van der Waals surface area contributed by atoms with Gasteiger partial charge in [-0.05, 0) is 103 Å². The van der Waals surface area contributed by atoms with E-state index in [-0.39, 0.29) is 17.7 Å². The lowest BCUT2D eigenvalue weighted by molar-refractivity contribution is -0.134. The summed E-state index contributed by atoms with van der Waals surface area (Å²) in [4.78, 5) is 35.5. The Morgan fingerprint density at radius 2 is 0.958 bits per heavy atom. The van der Waals surface area contributed by atoms with Crippen molar-refractivity contribution in [3.8, 4) is 68.5 Å². The molecule has 0 saturated carbocycles. The van der Waals surface area contributed by atoms with Crippen LogP contribution in [0.1, 0.15) is 152 Å². The number of benzene rings is 5. The number of halogens is 1. The van der Waals surface area contributed by atoms with Crippen molar-refractivity contribution in [1.29, 1.82) is 5.26 Å². The number of rotatable bonds is 32. The third-order valence-electron chi connectivity index (χ3n) is 12.4. The number of carbonyl (C=O) groups is 2. The first-order valence-corrected chi connectivity index (χ1v) is 26.1. The van der Waals surface area contributed by atoms with Gasteiger partial charge in [0.2, 0.25) is 0 Å². The fourth-order valence-electron chi connectivity index (χ4n) is 8.17. The van der Waals surface area contributed by atoms with E-state index in [1.807, 2.05) is 48.5 Å². The molecule has 0 radical (unpaired) electrons. The number of aromatic nitrogens is 2. The maximum atomic E-state index is 14.9. The number of carbonyl (C=O) groups excluding carboxylic acids is 2. The zero-order valence-corrected chi connectivity index (χ0v) is 42.2. The molecule has 11 heteroatoms. The first-order chi connectivity index (χ1) is 35.3. The quantitative estimate of drug-likeness (QED) is 0.0229. The van der Waals surface area contributed by atoms with E-state index in [1.165, 1.54) is 38.2 Å². The zero-order valence-electron chi connectivity index (χ0n) is 42.2. The molecule has 0 amide bonds. The Hall–Kier alpha value is -7.06. The SMILES string of the molecule is CCCCCCCCOc1ccc(C(=O)Oc2ccc(-c3ccc(C#N)cc3)cc2)c(OC(=O)CCCCCCCCCCOc2ccc(-c3cnc(-c4ccc(OCCCCCC)cc4F)nc3)cc2)c1. The summed E-state index contributed by atoms with van der Waals surface area (Å²) >= 11 is 0. The molecule has 6 rings (SSSR count). The first kappa shape index (κ1) is 54.3. The summed E-state index contributed by atoms with van der Waals surface area (Å²) in [5, 5.41) is 9.12. The second-order valence-electron chi connectivity index (χ2n) is 18.1. The predicted octanol–water partition coefficient (Wildman–Crippen LogP) is 15.9. The van der Waals surface area contributed by atoms with E-state index in [2.05, 4.69) is 29.9 Å². The van der Waals surface area contributed by atoms with Crippen LogP contribution in [0.5, 0.6) is 28.7 Å². The summed E-state index contributed by atoms with van der Waals surface area (Å²) in [6.45, 7) is 6.11. The van der Waals surface area contributed by atoms with Crippen LogP contribution in [-0.2, 0) is 4.79 Å². The molecule has 10 nitrogen and oxygen atoms in total. The standard InChI is InChI=1S/C61H70FN3O7/c1-3-5-7-9-15-20-40-70-54-35-37-56(61(67)71-52-32-28-48(29-33-52)47-24-22-46(43-63)23-25-47)58(42-54)72-59(66)21-17-14-12-10-11-13-16-19-38-68-51-30-26-49(27-31-51)50-44-64-60(65-45-50)55-36-34-53(41-57(55)62)69-39-18-8-6-4-2/h22-37,41-42,44-45H,3-21,38-40H2,1-2H3. The molecular formula is C61H70FN3O7. The highest BCUT2D eigenvalue weighted by Crippen LogP contribution is 2.30. The van der Waals surface area contributed by atoms with Crippen LogP contribution < -0.4 is 23.7 Å². The number of esters is 2. The van der Waals surface area contributed by atoms with Gasteiger partial charge in [-0.25, -0.2) is 19.2 Å². The van der Waals surface area contributed by atoms with Crippen molar-refractivity contribution in [2.75, 3.05) is 19.8 Å². The van der Waals surface area contributed by atoms with E-state index in [4.69, 9.17) is 28.9 Å². The van der Waals surface area contributed by atoms with Gasteiger partial charge in [-0.3, -0.25) is 4.79 Å². The van der Waals surface area contributed by atoms with Gasteiger partial charge >= 0.3 is 11.9 Å². The van der Waals surface area contributed by atoms with Gasteiger partial charge in [-0.2, -0.15) is 5.26 Å². The molecule has 0 spiro atoms. The topological polar surface area (TPSA) is 130 Å². The minimum Gasteiger partial charge on any atom is -0.494 e. The van der Waals surface area contributed by atoms with E-state index in [1.54, 1.807) is 67.0 Å². The molecule has 1 aromatic heterocycles. The average Bonchev–Trinajstić information content (AvgIpc) is 3.40. The van der Waals surface area contributed by atoms with Crippen LogP contribution in [0.25, 0.3) is 33.6 Å². The summed E-state index contributed by atoms with van der Waals surface area (Å²) in [5.41, 5.74) is 4.68. The van der Waals surface area contributed by atoms with Gasteiger partial charge < -0.3 is 23.7 Å². The summed E-state index contributed by atoms with van der Waals surface area (Å²) < 4.78 is 44.2. The van der Waals surface area contributed by atoms with Crippen molar-refractivity contribution in [2.45, 2.75) is 136 Å². The molecule has 0 aliphatic rings. The van der Waals surface area contributed by atoms with E-state index >= 15 is 0 Å². The Morgan fingerprint density at radius 1 is 0.500 bits per heavy atom. The number of hydrogen-bond donors (Lipinski definition) is 0. The molecule has 72 heavy (non-hydrogen) atoms. The molecular weight excluding hydrogens is 906 g/mol. The summed E-state index contributed by atoms with van der Waals surface area (Å²) in [7, 11) is 0. The number of hydrogen-bond acceptors (Lipinski definition) is 10. The van der Waals surface area contributed by atoms with E-state index in [9.17, 15) is 14.0 Å². The molecule has 378 valence electrons. The monoisotopic (exact) mass is 976 g/mol. The minimum atomic E-state index is -0.640. The van der Waals surface area contributed by atoms with Crippen molar-refractivity contribution in [3.05, 3.63) is 139 Å². The van der Waals surface area contributed by atoms with Crippen LogP contribution in [0, 0.1) is 17.1 Å². The van der Waals surface area contributed by atoms with Crippen molar-refractivity contribution >= 4 is 11.9 Å². The number of nitriles is 1. The van der Waals surface area contributed by atoms with E-state index < -0.39 is 17.8 Å². The van der Waals surface area contributed by atoms with Gasteiger partial charge in [0.1, 0.15) is 40.1 Å². The average molecular weight is 976 g/mol. The second kappa shape index (κ2) is 30.6. The zero-order chi connectivity index (χ0) is 50.6. The molecule has 6 aromatic rings. The van der Waals surface area contributed by atoms with Crippen molar-refractivity contribution in [1.82, 2.24) is 9.97 Å². The predicted molar refractivity (Wildman–Crippen MR) is 282 cm³/mol. The normalized spacial score (nSPS) is 10.9. The molecule has 0 saturated heterocycles. The van der Waals surface area contributed by atoms with Gasteiger partial charge in [0.05, 0.1) is 37.0 Å². The fourth-order valence-corrected chi connectivity index (χ4v) is 8.17. The lowest BCUT2D eigenvalue weighted by Crippen LogP contribution is -2.14. The highest BCUT2D eigenvalue weighted by atomic mass is 19.1. The minimum absolute atomic E-state index is 0.119. The van der Waals surface area contributed by atoms with Gasteiger partial charge in [-0.15, -0.1) is 0 Å². The molecule has 5 aromatic carbocycles. The van der Waals surface area contributed by atoms with Crippen LogP contribution >= 0.6 is 0 Å². The van der Waals surface area contributed by atoms with Crippen LogP contribution in [0.4, 0.5) is 4.39 Å². The van der Waals surface area contributed by atoms with Crippen molar-refractivity contribution < 1.29 is 37.7 Å². The van der Waals surface area contributed by atoms with Crippen molar-refractivity contribution in [2.24, 2.45) is 0 Å². The summed E-state index contributed by atoms with van der Waals surface area (Å²) in [6, 6.07) is 34.1. The lowest BCUT2D eigenvalue weighted by atomic mass is 10.0. The van der Waals surface area contributed by atoms with Crippen LogP contribution in [-0.4, -0.2) is 41.7 Å². The molecule has 0 aliphatic carbocycles. The van der Waals surface area contributed by atoms with Gasteiger partial charge in [0.25, 0.3) is 0 Å². The Labute approximate surface area is 425 Å². The fraction of sp³-hybridized carbons (Fsp3) is 0.393. The highest BCUT2D eigenvalue weighted by Gasteiger charge is 2.20. The Balaban J connectivity index is 0.866. The van der Waals surface area contributed by atoms with Gasteiger partial charge in [0.15, 0.2) is 5.82 Å². The van der Waals surface area contributed by atoms with Gasteiger partial charge in [0, 0.05) is 36.5 Å². The maximum Gasteiger partial charge on any atom is 0.347 e. The molecule has 0 atom stereocenters. The second-order valence-corrected chi connectivity index (χ2v) is 18.1.